The van der Waals surface area contributed by atoms with Crippen LogP contribution < -0.4 is 5.73 Å². The van der Waals surface area contributed by atoms with Crippen LogP contribution in [0, 0.1) is 0 Å². The first-order valence-corrected chi connectivity index (χ1v) is 6.79. The van der Waals surface area contributed by atoms with Crippen LogP contribution in [-0.4, -0.2) is 48.2 Å². The Morgan fingerprint density at radius 3 is 2.88 bits per heavy atom. The van der Waals surface area contributed by atoms with Crippen LogP contribution >= 0.6 is 0 Å². The maximum atomic E-state index is 12.4. The number of anilines is 1. The van der Waals surface area contributed by atoms with E-state index in [9.17, 15) is 8.42 Å². The molecular weight excluding hydrogens is 244 g/mol. The highest BCUT2D eigenvalue weighted by molar-refractivity contribution is 7.89. The van der Waals surface area contributed by atoms with Gasteiger partial charge in [0.2, 0.25) is 10.0 Å². The van der Waals surface area contributed by atoms with Crippen molar-refractivity contribution in [3.8, 4) is 0 Å². The quantitative estimate of drug-likeness (QED) is 0.766. The second kappa shape index (κ2) is 4.28. The predicted molar refractivity (Wildman–Crippen MR) is 61.8 cm³/mol. The fourth-order valence-corrected chi connectivity index (χ4v) is 3.53. The standard InChI is InChI=1S/C9H16N4O3S/c1-6-5-16-7(2)4-13(6)17(14,15)8-3-11-12-9(8)10/h3,6-7H,4-5H2,1-2H3,(H3,10,11,12). The summed E-state index contributed by atoms with van der Waals surface area (Å²) in [6.45, 7) is 4.36. The van der Waals surface area contributed by atoms with E-state index in [2.05, 4.69) is 10.2 Å². The first-order chi connectivity index (χ1) is 7.93. The number of aromatic nitrogens is 2. The number of hydrogen-bond donors (Lipinski definition) is 2. The summed E-state index contributed by atoms with van der Waals surface area (Å²) in [6.07, 6.45) is 1.12. The molecule has 0 radical (unpaired) electrons. The van der Waals surface area contributed by atoms with Crippen molar-refractivity contribution in [2.45, 2.75) is 30.9 Å². The van der Waals surface area contributed by atoms with Gasteiger partial charge < -0.3 is 10.5 Å². The molecule has 2 unspecified atom stereocenters. The van der Waals surface area contributed by atoms with Crippen LogP contribution in [-0.2, 0) is 14.8 Å². The molecule has 96 valence electrons. The van der Waals surface area contributed by atoms with Gasteiger partial charge in [0, 0.05) is 12.6 Å². The van der Waals surface area contributed by atoms with Gasteiger partial charge in [0.1, 0.15) is 10.7 Å². The molecule has 1 aliphatic heterocycles. The van der Waals surface area contributed by atoms with Crippen LogP contribution in [0.1, 0.15) is 13.8 Å². The molecule has 1 fully saturated rings. The molecule has 3 N–H and O–H groups in total. The number of nitrogens with zero attached hydrogens (tertiary/aromatic N) is 2. The number of nitrogens with one attached hydrogen (secondary N) is 1. The van der Waals surface area contributed by atoms with Gasteiger partial charge in [-0.05, 0) is 13.8 Å². The minimum absolute atomic E-state index is 0.0263. The SMILES string of the molecule is CC1CN(S(=O)(=O)c2cn[nH]c2N)C(C)CO1. The summed E-state index contributed by atoms with van der Waals surface area (Å²) in [4.78, 5) is 0.0263. The molecule has 8 heteroatoms. The second-order valence-electron chi connectivity index (χ2n) is 4.22. The van der Waals surface area contributed by atoms with E-state index < -0.39 is 10.0 Å². The van der Waals surface area contributed by atoms with Crippen LogP contribution in [0.15, 0.2) is 11.1 Å². The Balaban J connectivity index is 2.35. The minimum atomic E-state index is -3.60. The summed E-state index contributed by atoms with van der Waals surface area (Å²) < 4.78 is 31.5. The molecule has 1 aromatic rings. The van der Waals surface area contributed by atoms with Crippen LogP contribution in [0.5, 0.6) is 0 Å². The molecule has 0 bridgehead atoms. The normalized spacial score (nSPS) is 27.2. The van der Waals surface area contributed by atoms with Gasteiger partial charge in [0.15, 0.2) is 0 Å². The van der Waals surface area contributed by atoms with E-state index in [1.165, 1.54) is 10.5 Å². The van der Waals surface area contributed by atoms with Crippen molar-refractivity contribution in [2.24, 2.45) is 0 Å². The van der Waals surface area contributed by atoms with E-state index in [-0.39, 0.29) is 22.9 Å². The lowest BCUT2D eigenvalue weighted by atomic mass is 10.2. The monoisotopic (exact) mass is 260 g/mol. The number of morpholine rings is 1. The fraction of sp³-hybridized carbons (Fsp3) is 0.667. The van der Waals surface area contributed by atoms with E-state index in [4.69, 9.17) is 10.5 Å². The Kier molecular flexibility index (Phi) is 3.11. The Morgan fingerprint density at radius 2 is 2.29 bits per heavy atom. The number of rotatable bonds is 2. The molecule has 0 saturated carbocycles. The lowest BCUT2D eigenvalue weighted by Gasteiger charge is -2.35. The topological polar surface area (TPSA) is 101 Å². The Bertz CT molecular complexity index is 498. The summed E-state index contributed by atoms with van der Waals surface area (Å²) in [7, 11) is -3.60. The summed E-state index contributed by atoms with van der Waals surface area (Å²) in [5.41, 5.74) is 5.56. The van der Waals surface area contributed by atoms with Crippen molar-refractivity contribution in [2.75, 3.05) is 18.9 Å². The number of nitrogens with two attached hydrogens (primary N) is 1. The molecule has 1 saturated heterocycles. The third kappa shape index (κ3) is 2.15. The minimum Gasteiger partial charge on any atom is -0.383 e. The van der Waals surface area contributed by atoms with Gasteiger partial charge >= 0.3 is 0 Å². The average molecular weight is 260 g/mol. The molecule has 2 atom stereocenters. The number of nitrogen functional groups attached to an aromatic ring is 1. The third-order valence-electron chi connectivity index (χ3n) is 2.77. The van der Waals surface area contributed by atoms with Gasteiger partial charge in [0.25, 0.3) is 0 Å². The summed E-state index contributed by atoms with van der Waals surface area (Å²) in [5.74, 6) is 0.0661. The van der Waals surface area contributed by atoms with Crippen molar-refractivity contribution in [3.63, 3.8) is 0 Å². The lowest BCUT2D eigenvalue weighted by molar-refractivity contribution is -0.0170. The maximum Gasteiger partial charge on any atom is 0.248 e. The molecule has 1 aliphatic rings. The van der Waals surface area contributed by atoms with Crippen molar-refractivity contribution in [3.05, 3.63) is 6.20 Å². The summed E-state index contributed by atoms with van der Waals surface area (Å²) >= 11 is 0. The molecule has 2 heterocycles. The molecule has 2 rings (SSSR count). The van der Waals surface area contributed by atoms with Gasteiger partial charge in [-0.15, -0.1) is 0 Å². The highest BCUT2D eigenvalue weighted by Gasteiger charge is 2.35. The Hall–Kier alpha value is -1.12. The number of H-pyrrole nitrogens is 1. The zero-order valence-electron chi connectivity index (χ0n) is 9.75. The Morgan fingerprint density at radius 1 is 1.59 bits per heavy atom. The van der Waals surface area contributed by atoms with E-state index >= 15 is 0 Å². The zero-order valence-corrected chi connectivity index (χ0v) is 10.6. The molecular formula is C9H16N4O3S. The largest absolute Gasteiger partial charge is 0.383 e. The fourth-order valence-electron chi connectivity index (χ4n) is 1.82. The van der Waals surface area contributed by atoms with Gasteiger partial charge in [-0.1, -0.05) is 0 Å². The van der Waals surface area contributed by atoms with Crippen molar-refractivity contribution >= 4 is 15.8 Å². The highest BCUT2D eigenvalue weighted by atomic mass is 32.2. The first kappa shape index (κ1) is 12.3. The lowest BCUT2D eigenvalue weighted by Crippen LogP contribution is -2.50. The predicted octanol–water partition coefficient (Wildman–Crippen LogP) is -0.210. The van der Waals surface area contributed by atoms with Crippen molar-refractivity contribution in [1.29, 1.82) is 0 Å². The number of ether oxygens (including phenoxy) is 1. The van der Waals surface area contributed by atoms with E-state index in [1.807, 2.05) is 6.92 Å². The van der Waals surface area contributed by atoms with Crippen molar-refractivity contribution in [1.82, 2.24) is 14.5 Å². The smallest absolute Gasteiger partial charge is 0.248 e. The van der Waals surface area contributed by atoms with Crippen LogP contribution in [0.25, 0.3) is 0 Å². The van der Waals surface area contributed by atoms with Crippen LogP contribution in [0.3, 0.4) is 0 Å². The van der Waals surface area contributed by atoms with Gasteiger partial charge in [-0.2, -0.15) is 9.40 Å². The van der Waals surface area contributed by atoms with Gasteiger partial charge in [-0.3, -0.25) is 5.10 Å². The first-order valence-electron chi connectivity index (χ1n) is 5.35. The molecule has 17 heavy (non-hydrogen) atoms. The summed E-state index contributed by atoms with van der Waals surface area (Å²) in [6, 6.07) is -0.203. The van der Waals surface area contributed by atoms with Crippen molar-refractivity contribution < 1.29 is 13.2 Å². The highest BCUT2D eigenvalue weighted by Crippen LogP contribution is 2.24. The maximum absolute atomic E-state index is 12.4. The molecule has 0 spiro atoms. The Labute approximate surface area is 100.0 Å². The van der Waals surface area contributed by atoms with Crippen LogP contribution in [0.2, 0.25) is 0 Å². The van der Waals surface area contributed by atoms with Crippen LogP contribution in [0.4, 0.5) is 5.82 Å². The molecule has 7 nitrogen and oxygen atoms in total. The molecule has 1 aromatic heterocycles. The second-order valence-corrected chi connectivity index (χ2v) is 6.07. The summed E-state index contributed by atoms with van der Waals surface area (Å²) in [5, 5.41) is 6.07. The van der Waals surface area contributed by atoms with E-state index in [0.29, 0.717) is 13.2 Å². The average Bonchev–Trinajstić information content (AvgIpc) is 2.68. The van der Waals surface area contributed by atoms with E-state index in [1.54, 1.807) is 6.92 Å². The zero-order chi connectivity index (χ0) is 12.6. The number of aromatic amines is 1. The number of hydrogen-bond acceptors (Lipinski definition) is 5. The van der Waals surface area contributed by atoms with Gasteiger partial charge in [0.05, 0.1) is 18.9 Å². The molecule has 0 amide bonds. The molecule has 0 aliphatic carbocycles. The van der Waals surface area contributed by atoms with Gasteiger partial charge in [-0.25, -0.2) is 8.42 Å². The third-order valence-corrected chi connectivity index (χ3v) is 4.78. The number of sulfonamides is 1. The molecule has 0 aromatic carbocycles. The van der Waals surface area contributed by atoms with E-state index in [0.717, 1.165) is 0 Å².